The minimum atomic E-state index is 0.134. The molecule has 2 rings (SSSR count). The van der Waals surface area contributed by atoms with Gasteiger partial charge in [-0.25, -0.2) is 0 Å². The van der Waals surface area contributed by atoms with Gasteiger partial charge in [-0.15, -0.1) is 0 Å². The molecular weight excluding hydrogens is 350 g/mol. The zero-order chi connectivity index (χ0) is 15.4. The predicted octanol–water partition coefficient (Wildman–Crippen LogP) is 5.12. The van der Waals surface area contributed by atoms with Crippen molar-refractivity contribution < 1.29 is 4.74 Å². The summed E-state index contributed by atoms with van der Waals surface area (Å²) in [5.41, 5.74) is 3.62. The lowest BCUT2D eigenvalue weighted by molar-refractivity contribution is 0.414. The van der Waals surface area contributed by atoms with Gasteiger partial charge in [0.05, 0.1) is 18.2 Å². The lowest BCUT2D eigenvalue weighted by Gasteiger charge is -2.22. The second-order valence-corrected chi connectivity index (χ2v) is 6.15. The highest BCUT2D eigenvalue weighted by Crippen LogP contribution is 2.31. The minimum Gasteiger partial charge on any atom is -0.497 e. The third-order valence-electron chi connectivity index (χ3n) is 3.47. The maximum atomic E-state index is 6.10. The van der Waals surface area contributed by atoms with Gasteiger partial charge in [0.2, 0.25) is 0 Å². The number of hydrogen-bond acceptors (Lipinski definition) is 2. The molecule has 0 fully saturated rings. The molecule has 0 aliphatic heterocycles. The highest BCUT2D eigenvalue weighted by atomic mass is 79.9. The molecule has 0 spiro atoms. The predicted molar refractivity (Wildman–Crippen MR) is 92.4 cm³/mol. The van der Waals surface area contributed by atoms with Gasteiger partial charge in [-0.05, 0) is 70.4 Å². The van der Waals surface area contributed by atoms with Crippen LogP contribution in [0, 0.1) is 6.92 Å². The molecule has 4 heteroatoms. The Hall–Kier alpha value is -1.03. The molecule has 1 N–H and O–H groups in total. The quantitative estimate of drug-likeness (QED) is 0.791. The van der Waals surface area contributed by atoms with E-state index in [4.69, 9.17) is 16.3 Å². The number of benzene rings is 2. The molecule has 0 aliphatic rings. The smallest absolute Gasteiger partial charge is 0.119 e. The van der Waals surface area contributed by atoms with E-state index in [0.29, 0.717) is 0 Å². The Kier molecular flexibility index (Phi) is 5.68. The van der Waals surface area contributed by atoms with E-state index in [1.807, 2.05) is 12.1 Å². The summed E-state index contributed by atoms with van der Waals surface area (Å²) < 4.78 is 6.20. The van der Waals surface area contributed by atoms with Gasteiger partial charge in [0.25, 0.3) is 0 Å². The van der Waals surface area contributed by atoms with Gasteiger partial charge in [0.15, 0.2) is 0 Å². The van der Waals surface area contributed by atoms with Crippen LogP contribution in [0.4, 0.5) is 0 Å². The van der Waals surface area contributed by atoms with Crippen LogP contribution in [0.2, 0.25) is 5.02 Å². The van der Waals surface area contributed by atoms with Crippen LogP contribution in [0.5, 0.6) is 5.75 Å². The summed E-state index contributed by atoms with van der Waals surface area (Å²) in [5, 5.41) is 4.26. The van der Waals surface area contributed by atoms with Crippen molar-refractivity contribution in [2.24, 2.45) is 0 Å². The first-order valence-corrected chi connectivity index (χ1v) is 8.06. The van der Waals surface area contributed by atoms with Crippen molar-refractivity contribution in [1.82, 2.24) is 5.32 Å². The SMILES string of the molecule is CCNC(c1ccc(Cl)c(Br)c1)c1ccc(OC)cc1C. The van der Waals surface area contributed by atoms with Crippen molar-refractivity contribution in [3.8, 4) is 5.75 Å². The van der Waals surface area contributed by atoms with Crippen LogP contribution in [0.3, 0.4) is 0 Å². The Balaban J connectivity index is 2.45. The molecule has 2 aromatic rings. The minimum absolute atomic E-state index is 0.134. The summed E-state index contributed by atoms with van der Waals surface area (Å²) in [6.45, 7) is 5.10. The normalized spacial score (nSPS) is 12.2. The fourth-order valence-corrected chi connectivity index (χ4v) is 2.92. The highest BCUT2D eigenvalue weighted by molar-refractivity contribution is 9.10. The third-order valence-corrected chi connectivity index (χ3v) is 4.69. The van der Waals surface area contributed by atoms with Crippen molar-refractivity contribution in [3.63, 3.8) is 0 Å². The largest absolute Gasteiger partial charge is 0.497 e. The second-order valence-electron chi connectivity index (χ2n) is 4.89. The molecule has 0 aromatic heterocycles. The maximum absolute atomic E-state index is 6.10. The fraction of sp³-hybridized carbons (Fsp3) is 0.294. The topological polar surface area (TPSA) is 21.3 Å². The molecule has 0 saturated heterocycles. The van der Waals surface area contributed by atoms with E-state index in [0.717, 1.165) is 21.8 Å². The van der Waals surface area contributed by atoms with E-state index in [1.165, 1.54) is 16.7 Å². The molecule has 0 aliphatic carbocycles. The van der Waals surface area contributed by atoms with Crippen LogP contribution in [0.1, 0.15) is 29.7 Å². The van der Waals surface area contributed by atoms with Crippen LogP contribution in [0.15, 0.2) is 40.9 Å². The summed E-state index contributed by atoms with van der Waals surface area (Å²) in [6, 6.07) is 12.4. The Morgan fingerprint density at radius 2 is 2.00 bits per heavy atom. The molecule has 0 radical (unpaired) electrons. The lowest BCUT2D eigenvalue weighted by atomic mass is 9.95. The summed E-state index contributed by atoms with van der Waals surface area (Å²) in [4.78, 5) is 0. The molecule has 112 valence electrons. The monoisotopic (exact) mass is 367 g/mol. The van der Waals surface area contributed by atoms with Crippen molar-refractivity contribution in [2.45, 2.75) is 19.9 Å². The van der Waals surface area contributed by atoms with Crippen molar-refractivity contribution in [2.75, 3.05) is 13.7 Å². The first kappa shape index (κ1) is 16.3. The molecule has 2 aromatic carbocycles. The van der Waals surface area contributed by atoms with Crippen LogP contribution in [-0.2, 0) is 0 Å². The maximum Gasteiger partial charge on any atom is 0.119 e. The zero-order valence-corrected chi connectivity index (χ0v) is 14.8. The van der Waals surface area contributed by atoms with Gasteiger partial charge in [-0.3, -0.25) is 0 Å². The van der Waals surface area contributed by atoms with Crippen molar-refractivity contribution >= 4 is 27.5 Å². The molecule has 0 amide bonds. The average Bonchev–Trinajstić information content (AvgIpc) is 2.48. The molecule has 0 bridgehead atoms. The van der Waals surface area contributed by atoms with Crippen molar-refractivity contribution in [3.05, 3.63) is 62.6 Å². The third kappa shape index (κ3) is 3.79. The summed E-state index contributed by atoms with van der Waals surface area (Å²) in [6.07, 6.45) is 0. The van der Waals surface area contributed by atoms with E-state index in [9.17, 15) is 0 Å². The second kappa shape index (κ2) is 7.30. The van der Waals surface area contributed by atoms with E-state index in [2.05, 4.69) is 59.4 Å². The molecule has 0 heterocycles. The molecule has 0 saturated carbocycles. The number of methoxy groups -OCH3 is 1. The Labute approximate surface area is 139 Å². The van der Waals surface area contributed by atoms with E-state index in [-0.39, 0.29) is 6.04 Å². The summed E-state index contributed by atoms with van der Waals surface area (Å²) >= 11 is 9.60. The van der Waals surface area contributed by atoms with E-state index in [1.54, 1.807) is 7.11 Å². The zero-order valence-electron chi connectivity index (χ0n) is 12.4. The average molecular weight is 369 g/mol. The number of nitrogens with one attached hydrogen (secondary N) is 1. The molecule has 21 heavy (non-hydrogen) atoms. The van der Waals surface area contributed by atoms with E-state index >= 15 is 0 Å². The van der Waals surface area contributed by atoms with Gasteiger partial charge in [0, 0.05) is 4.47 Å². The van der Waals surface area contributed by atoms with Gasteiger partial charge in [-0.2, -0.15) is 0 Å². The van der Waals surface area contributed by atoms with Crippen LogP contribution in [0.25, 0.3) is 0 Å². The Morgan fingerprint density at radius 1 is 1.24 bits per heavy atom. The van der Waals surface area contributed by atoms with Gasteiger partial charge in [-0.1, -0.05) is 30.7 Å². The van der Waals surface area contributed by atoms with Crippen LogP contribution < -0.4 is 10.1 Å². The number of ether oxygens (including phenoxy) is 1. The van der Waals surface area contributed by atoms with Crippen LogP contribution >= 0.6 is 27.5 Å². The van der Waals surface area contributed by atoms with Gasteiger partial charge >= 0.3 is 0 Å². The first-order chi connectivity index (χ1) is 10.1. The van der Waals surface area contributed by atoms with Crippen LogP contribution in [-0.4, -0.2) is 13.7 Å². The summed E-state index contributed by atoms with van der Waals surface area (Å²) in [7, 11) is 1.69. The highest BCUT2D eigenvalue weighted by Gasteiger charge is 2.16. The number of rotatable bonds is 5. The summed E-state index contributed by atoms with van der Waals surface area (Å²) in [5.74, 6) is 0.879. The molecule has 1 unspecified atom stereocenters. The number of hydrogen-bond donors (Lipinski definition) is 1. The Bertz CT molecular complexity index is 630. The molecule has 2 nitrogen and oxygen atoms in total. The molecular formula is C17H19BrClNO. The molecule has 1 atom stereocenters. The van der Waals surface area contributed by atoms with Gasteiger partial charge in [0.1, 0.15) is 5.75 Å². The van der Waals surface area contributed by atoms with Gasteiger partial charge < -0.3 is 10.1 Å². The van der Waals surface area contributed by atoms with Crippen molar-refractivity contribution in [1.29, 1.82) is 0 Å². The number of halogens is 2. The Morgan fingerprint density at radius 3 is 2.57 bits per heavy atom. The van der Waals surface area contributed by atoms with E-state index < -0.39 is 0 Å². The lowest BCUT2D eigenvalue weighted by Crippen LogP contribution is -2.22. The standard InChI is InChI=1S/C17H19BrClNO/c1-4-20-17(12-5-8-16(19)15(18)10-12)14-7-6-13(21-3)9-11(14)2/h5-10,17,20H,4H2,1-3H3. The number of aryl methyl sites for hydroxylation is 1. The first-order valence-electron chi connectivity index (χ1n) is 6.89. The fourth-order valence-electron chi connectivity index (χ4n) is 2.40.